The molecule has 1 aliphatic heterocycles. The number of halogens is 2. The molecule has 1 fully saturated rings. The second kappa shape index (κ2) is 8.38. The molecule has 138 valence electrons. The van der Waals surface area contributed by atoms with Crippen molar-refractivity contribution in [1.82, 2.24) is 10.2 Å². The third-order valence-corrected chi connectivity index (χ3v) is 4.65. The highest BCUT2D eigenvalue weighted by Crippen LogP contribution is 2.25. The minimum atomic E-state index is -0.832. The summed E-state index contributed by atoms with van der Waals surface area (Å²) in [4.78, 5) is 25.8. The van der Waals surface area contributed by atoms with E-state index in [1.165, 1.54) is 13.0 Å². The van der Waals surface area contributed by atoms with Crippen molar-refractivity contribution in [2.45, 2.75) is 45.2 Å². The van der Waals surface area contributed by atoms with Crippen LogP contribution in [0.15, 0.2) is 18.2 Å². The molecule has 25 heavy (non-hydrogen) atoms. The highest BCUT2D eigenvalue weighted by atomic mass is 19.1. The van der Waals surface area contributed by atoms with E-state index in [1.54, 1.807) is 4.90 Å². The Morgan fingerprint density at radius 2 is 2.12 bits per heavy atom. The SMILES string of the molecule is CC(=O)NC(CC(=O)N1CCCC(C(C)N)C1)c1ccc(F)cc1F. The predicted octanol–water partition coefficient (Wildman–Crippen LogP) is 2.12. The van der Waals surface area contributed by atoms with Crippen LogP contribution in [-0.4, -0.2) is 35.8 Å². The summed E-state index contributed by atoms with van der Waals surface area (Å²) >= 11 is 0. The molecule has 2 rings (SSSR count). The van der Waals surface area contributed by atoms with Gasteiger partial charge in [-0.25, -0.2) is 8.78 Å². The minimum Gasteiger partial charge on any atom is -0.349 e. The van der Waals surface area contributed by atoms with E-state index in [4.69, 9.17) is 5.73 Å². The van der Waals surface area contributed by atoms with Gasteiger partial charge < -0.3 is 16.0 Å². The summed E-state index contributed by atoms with van der Waals surface area (Å²) in [5.74, 6) is -1.80. The van der Waals surface area contributed by atoms with Gasteiger partial charge in [0.25, 0.3) is 0 Å². The van der Waals surface area contributed by atoms with E-state index >= 15 is 0 Å². The van der Waals surface area contributed by atoms with Gasteiger partial charge in [-0.3, -0.25) is 9.59 Å². The summed E-state index contributed by atoms with van der Waals surface area (Å²) in [5, 5.41) is 2.59. The van der Waals surface area contributed by atoms with Crippen LogP contribution in [0.3, 0.4) is 0 Å². The van der Waals surface area contributed by atoms with E-state index in [9.17, 15) is 18.4 Å². The fourth-order valence-corrected chi connectivity index (χ4v) is 3.24. The molecule has 1 aliphatic rings. The average molecular weight is 353 g/mol. The molecule has 7 heteroatoms. The number of rotatable bonds is 5. The molecular weight excluding hydrogens is 328 g/mol. The molecule has 2 amide bonds. The molecule has 0 spiro atoms. The quantitative estimate of drug-likeness (QED) is 0.851. The van der Waals surface area contributed by atoms with Gasteiger partial charge in [0.05, 0.1) is 12.5 Å². The first-order valence-electron chi connectivity index (χ1n) is 8.53. The molecule has 0 radical (unpaired) electrons. The Bertz CT molecular complexity index is 637. The van der Waals surface area contributed by atoms with Crippen LogP contribution < -0.4 is 11.1 Å². The van der Waals surface area contributed by atoms with Crippen LogP contribution in [-0.2, 0) is 9.59 Å². The first kappa shape index (κ1) is 19.3. The van der Waals surface area contributed by atoms with Crippen molar-refractivity contribution in [2.75, 3.05) is 13.1 Å². The summed E-state index contributed by atoms with van der Waals surface area (Å²) in [6.07, 6.45) is 1.77. The first-order valence-corrected chi connectivity index (χ1v) is 8.53. The van der Waals surface area contributed by atoms with Gasteiger partial charge in [0.1, 0.15) is 11.6 Å². The lowest BCUT2D eigenvalue weighted by atomic mass is 9.91. The molecule has 0 aromatic heterocycles. The van der Waals surface area contributed by atoms with E-state index < -0.39 is 17.7 Å². The van der Waals surface area contributed by atoms with Gasteiger partial charge in [0.15, 0.2) is 0 Å². The van der Waals surface area contributed by atoms with Gasteiger partial charge in [-0.15, -0.1) is 0 Å². The van der Waals surface area contributed by atoms with Crippen molar-refractivity contribution < 1.29 is 18.4 Å². The molecule has 1 aromatic carbocycles. The van der Waals surface area contributed by atoms with Crippen LogP contribution in [0.4, 0.5) is 8.78 Å². The first-order chi connectivity index (χ1) is 11.8. The third kappa shape index (κ3) is 5.22. The van der Waals surface area contributed by atoms with Crippen LogP contribution in [0.5, 0.6) is 0 Å². The van der Waals surface area contributed by atoms with Gasteiger partial charge in [0.2, 0.25) is 11.8 Å². The Morgan fingerprint density at radius 3 is 2.72 bits per heavy atom. The fraction of sp³-hybridized carbons (Fsp3) is 0.556. The van der Waals surface area contributed by atoms with Crippen LogP contribution in [0.2, 0.25) is 0 Å². The fourth-order valence-electron chi connectivity index (χ4n) is 3.24. The molecular formula is C18H25F2N3O2. The number of nitrogens with two attached hydrogens (primary N) is 1. The predicted molar refractivity (Wildman–Crippen MR) is 90.5 cm³/mol. The minimum absolute atomic E-state index is 0.00344. The Labute approximate surface area is 146 Å². The summed E-state index contributed by atoms with van der Waals surface area (Å²) in [7, 11) is 0. The maximum atomic E-state index is 14.1. The number of benzene rings is 1. The standard InChI is InChI=1S/C18H25F2N3O2/c1-11(21)13-4-3-7-23(10-13)18(25)9-17(22-12(2)24)15-6-5-14(19)8-16(15)20/h5-6,8,11,13,17H,3-4,7,9-10,21H2,1-2H3,(H,22,24). The van der Waals surface area contributed by atoms with Crippen molar-refractivity contribution in [3.63, 3.8) is 0 Å². The normalized spacial score (nSPS) is 20.0. The highest BCUT2D eigenvalue weighted by molar-refractivity contribution is 5.79. The lowest BCUT2D eigenvalue weighted by Gasteiger charge is -2.35. The smallest absolute Gasteiger partial charge is 0.225 e. The van der Waals surface area contributed by atoms with Gasteiger partial charge >= 0.3 is 0 Å². The Hall–Kier alpha value is -2.02. The number of hydrogen-bond donors (Lipinski definition) is 2. The summed E-state index contributed by atoms with van der Waals surface area (Å²) in [6, 6.07) is 2.30. The Kier molecular flexibility index (Phi) is 6.47. The maximum absolute atomic E-state index is 14.1. The van der Waals surface area contributed by atoms with Crippen LogP contribution in [0, 0.1) is 17.6 Å². The molecule has 1 saturated heterocycles. The van der Waals surface area contributed by atoms with E-state index in [0.29, 0.717) is 13.1 Å². The monoisotopic (exact) mass is 353 g/mol. The van der Waals surface area contributed by atoms with Crippen LogP contribution in [0.1, 0.15) is 44.7 Å². The zero-order chi connectivity index (χ0) is 18.6. The van der Waals surface area contributed by atoms with Gasteiger partial charge in [-0.1, -0.05) is 6.07 Å². The van der Waals surface area contributed by atoms with E-state index in [2.05, 4.69) is 5.32 Å². The molecule has 0 aliphatic carbocycles. The number of hydrogen-bond acceptors (Lipinski definition) is 3. The molecule has 3 atom stereocenters. The second-order valence-electron chi connectivity index (χ2n) is 6.72. The average Bonchev–Trinajstić information content (AvgIpc) is 2.54. The van der Waals surface area contributed by atoms with Crippen LogP contribution >= 0.6 is 0 Å². The largest absolute Gasteiger partial charge is 0.349 e. The summed E-state index contributed by atoms with van der Waals surface area (Å²) < 4.78 is 27.2. The van der Waals surface area contributed by atoms with E-state index in [1.807, 2.05) is 6.92 Å². The van der Waals surface area contributed by atoms with Gasteiger partial charge in [0, 0.05) is 37.7 Å². The number of amides is 2. The molecule has 0 bridgehead atoms. The molecule has 3 unspecified atom stereocenters. The number of carbonyl (C=O) groups is 2. The lowest BCUT2D eigenvalue weighted by Crippen LogP contribution is -2.46. The summed E-state index contributed by atoms with van der Waals surface area (Å²) in [5.41, 5.74) is 6.04. The maximum Gasteiger partial charge on any atom is 0.225 e. The highest BCUT2D eigenvalue weighted by Gasteiger charge is 2.28. The molecule has 5 nitrogen and oxygen atoms in total. The third-order valence-electron chi connectivity index (χ3n) is 4.65. The Morgan fingerprint density at radius 1 is 1.40 bits per heavy atom. The van der Waals surface area contributed by atoms with E-state index in [0.717, 1.165) is 25.0 Å². The number of likely N-dealkylation sites (tertiary alicyclic amines) is 1. The van der Waals surface area contributed by atoms with Crippen LogP contribution in [0.25, 0.3) is 0 Å². The molecule has 3 N–H and O–H groups in total. The number of carbonyl (C=O) groups excluding carboxylic acids is 2. The zero-order valence-electron chi connectivity index (χ0n) is 14.6. The number of nitrogens with one attached hydrogen (secondary N) is 1. The Balaban J connectivity index is 2.13. The van der Waals surface area contributed by atoms with Crippen molar-refractivity contribution in [1.29, 1.82) is 0 Å². The van der Waals surface area contributed by atoms with Crippen molar-refractivity contribution in [3.05, 3.63) is 35.4 Å². The lowest BCUT2D eigenvalue weighted by molar-refractivity contribution is -0.134. The summed E-state index contributed by atoms with van der Waals surface area (Å²) in [6.45, 7) is 4.41. The zero-order valence-corrected chi connectivity index (χ0v) is 14.6. The number of nitrogens with zero attached hydrogens (tertiary/aromatic N) is 1. The van der Waals surface area contributed by atoms with Crippen molar-refractivity contribution in [3.8, 4) is 0 Å². The molecule has 0 saturated carbocycles. The van der Waals surface area contributed by atoms with Crippen molar-refractivity contribution in [2.24, 2.45) is 11.7 Å². The van der Waals surface area contributed by atoms with E-state index in [-0.39, 0.29) is 35.8 Å². The van der Waals surface area contributed by atoms with Crippen molar-refractivity contribution >= 4 is 11.8 Å². The second-order valence-corrected chi connectivity index (χ2v) is 6.72. The molecule has 1 aromatic rings. The molecule has 1 heterocycles. The van der Waals surface area contributed by atoms with Gasteiger partial charge in [-0.2, -0.15) is 0 Å². The topological polar surface area (TPSA) is 75.4 Å². The van der Waals surface area contributed by atoms with Gasteiger partial charge in [-0.05, 0) is 31.7 Å². The number of piperidine rings is 1.